The summed E-state index contributed by atoms with van der Waals surface area (Å²) in [5.74, 6) is 0.751. The van der Waals surface area contributed by atoms with Gasteiger partial charge in [-0.05, 0) is 49.1 Å². The number of carbonyl (C=O) groups excluding carboxylic acids is 1. The molecule has 0 aromatic carbocycles. The maximum absolute atomic E-state index is 12.5. The third-order valence-corrected chi connectivity index (χ3v) is 6.78. The Bertz CT molecular complexity index is 609. The molecule has 5 heteroatoms. The Morgan fingerprint density at radius 2 is 2.15 bits per heavy atom. The maximum Gasteiger partial charge on any atom is 0.225 e. The van der Waals surface area contributed by atoms with Gasteiger partial charge < -0.3 is 9.64 Å². The highest BCUT2D eigenvalue weighted by Crippen LogP contribution is 2.44. The molecule has 142 valence electrons. The van der Waals surface area contributed by atoms with Crippen LogP contribution in [0, 0.1) is 11.3 Å². The van der Waals surface area contributed by atoms with Gasteiger partial charge in [-0.15, -0.1) is 0 Å². The van der Waals surface area contributed by atoms with Gasteiger partial charge >= 0.3 is 0 Å². The molecule has 26 heavy (non-hydrogen) atoms. The molecular formula is C21H31N3O2. The van der Waals surface area contributed by atoms with Crippen molar-refractivity contribution in [3.05, 3.63) is 30.1 Å². The monoisotopic (exact) mass is 357 g/mol. The summed E-state index contributed by atoms with van der Waals surface area (Å²) in [6.07, 6.45) is 10.7. The lowest BCUT2D eigenvalue weighted by molar-refractivity contribution is -0.140. The van der Waals surface area contributed by atoms with Crippen LogP contribution < -0.4 is 0 Å². The van der Waals surface area contributed by atoms with Crippen molar-refractivity contribution in [1.82, 2.24) is 14.8 Å². The van der Waals surface area contributed by atoms with Gasteiger partial charge in [0.2, 0.25) is 5.91 Å². The van der Waals surface area contributed by atoms with Crippen molar-refractivity contribution in [1.29, 1.82) is 0 Å². The van der Waals surface area contributed by atoms with Crippen LogP contribution in [0.25, 0.3) is 0 Å². The van der Waals surface area contributed by atoms with Gasteiger partial charge in [0.05, 0.1) is 6.61 Å². The summed E-state index contributed by atoms with van der Waals surface area (Å²) in [6, 6.07) is 4.63. The van der Waals surface area contributed by atoms with Crippen molar-refractivity contribution in [3.63, 3.8) is 0 Å². The van der Waals surface area contributed by atoms with E-state index in [4.69, 9.17) is 4.74 Å². The molecule has 0 unspecified atom stereocenters. The van der Waals surface area contributed by atoms with Crippen LogP contribution in [0.1, 0.15) is 44.1 Å². The normalized spacial score (nSPS) is 26.2. The summed E-state index contributed by atoms with van der Waals surface area (Å²) in [4.78, 5) is 21.5. The van der Waals surface area contributed by atoms with Crippen molar-refractivity contribution in [3.8, 4) is 0 Å². The van der Waals surface area contributed by atoms with Gasteiger partial charge in [-0.2, -0.15) is 0 Å². The van der Waals surface area contributed by atoms with Crippen LogP contribution in [0.2, 0.25) is 0 Å². The highest BCUT2D eigenvalue weighted by atomic mass is 16.5. The molecule has 1 saturated carbocycles. The highest BCUT2D eigenvalue weighted by Gasteiger charge is 2.46. The molecule has 3 aliphatic rings. The molecule has 1 amide bonds. The number of nitrogens with zero attached hydrogens (tertiary/aromatic N) is 3. The second kappa shape index (κ2) is 7.65. The standard InChI is InChI=1S/C21H31N3O2/c1-26-15-19-12-21(16-24(19)14-17-4-3-9-22-13-17)7-10-23(11-8-21)20(25)18-5-2-6-18/h3-4,9,13,18-19H,2,5-8,10-12,14-16H2,1H3/t19-/m0/s1. The number of aromatic nitrogens is 1. The average molecular weight is 357 g/mol. The topological polar surface area (TPSA) is 45.7 Å². The van der Waals surface area contributed by atoms with Crippen LogP contribution in [0.15, 0.2) is 24.5 Å². The first kappa shape index (κ1) is 17.9. The number of ether oxygens (including phenoxy) is 1. The molecule has 5 nitrogen and oxygen atoms in total. The minimum absolute atomic E-state index is 0.330. The Labute approximate surface area is 156 Å². The fraction of sp³-hybridized carbons (Fsp3) is 0.714. The zero-order valence-corrected chi connectivity index (χ0v) is 15.9. The number of carbonyl (C=O) groups is 1. The van der Waals surface area contributed by atoms with E-state index in [2.05, 4.69) is 20.9 Å². The number of hydrogen-bond acceptors (Lipinski definition) is 4. The molecule has 1 atom stereocenters. The number of piperidine rings is 1. The fourth-order valence-electron chi connectivity index (χ4n) is 5.00. The minimum atomic E-state index is 0.330. The Kier molecular flexibility index (Phi) is 5.28. The van der Waals surface area contributed by atoms with Gasteiger partial charge in [-0.3, -0.25) is 14.7 Å². The molecule has 4 rings (SSSR count). The molecule has 1 aliphatic carbocycles. The fourth-order valence-corrected chi connectivity index (χ4v) is 5.00. The lowest BCUT2D eigenvalue weighted by Gasteiger charge is -2.41. The first-order valence-electron chi connectivity index (χ1n) is 10.1. The van der Waals surface area contributed by atoms with Crippen LogP contribution >= 0.6 is 0 Å². The summed E-state index contributed by atoms with van der Waals surface area (Å²) in [5, 5.41) is 0. The zero-order chi connectivity index (χ0) is 18.0. The number of amides is 1. The Balaban J connectivity index is 1.38. The van der Waals surface area contributed by atoms with Gasteiger partial charge in [0, 0.05) is 57.6 Å². The van der Waals surface area contributed by atoms with Crippen LogP contribution in [0.5, 0.6) is 0 Å². The Morgan fingerprint density at radius 3 is 2.77 bits per heavy atom. The molecule has 0 bridgehead atoms. The first-order chi connectivity index (χ1) is 12.7. The van der Waals surface area contributed by atoms with E-state index in [1.807, 2.05) is 18.5 Å². The third kappa shape index (κ3) is 3.65. The summed E-state index contributed by atoms with van der Waals surface area (Å²) in [5.41, 5.74) is 1.62. The number of hydrogen-bond donors (Lipinski definition) is 0. The number of pyridine rings is 1. The van der Waals surface area contributed by atoms with E-state index in [9.17, 15) is 4.79 Å². The van der Waals surface area contributed by atoms with Gasteiger partial charge in [-0.1, -0.05) is 12.5 Å². The Hall–Kier alpha value is -1.46. The van der Waals surface area contributed by atoms with Crippen molar-refractivity contribution in [2.24, 2.45) is 11.3 Å². The first-order valence-corrected chi connectivity index (χ1v) is 10.1. The smallest absolute Gasteiger partial charge is 0.225 e. The highest BCUT2D eigenvalue weighted by molar-refractivity contribution is 5.79. The van der Waals surface area contributed by atoms with Gasteiger partial charge in [-0.25, -0.2) is 0 Å². The largest absolute Gasteiger partial charge is 0.383 e. The molecule has 2 saturated heterocycles. The van der Waals surface area contributed by atoms with Crippen LogP contribution in [0.3, 0.4) is 0 Å². The van der Waals surface area contributed by atoms with Crippen molar-refractivity contribution < 1.29 is 9.53 Å². The lowest BCUT2D eigenvalue weighted by atomic mass is 9.76. The lowest BCUT2D eigenvalue weighted by Crippen LogP contribution is -2.47. The minimum Gasteiger partial charge on any atom is -0.383 e. The van der Waals surface area contributed by atoms with Crippen molar-refractivity contribution in [2.75, 3.05) is 33.4 Å². The molecule has 1 aromatic rings. The van der Waals surface area contributed by atoms with Crippen LogP contribution in [-0.2, 0) is 16.1 Å². The molecule has 0 N–H and O–H groups in total. The number of methoxy groups -OCH3 is 1. The molecule has 1 spiro atoms. The predicted molar refractivity (Wildman–Crippen MR) is 101 cm³/mol. The van der Waals surface area contributed by atoms with E-state index >= 15 is 0 Å². The van der Waals surface area contributed by atoms with Crippen molar-refractivity contribution in [2.45, 2.75) is 51.1 Å². The molecular weight excluding hydrogens is 326 g/mol. The molecule has 3 fully saturated rings. The zero-order valence-electron chi connectivity index (χ0n) is 15.9. The summed E-state index contributed by atoms with van der Waals surface area (Å²) >= 11 is 0. The third-order valence-electron chi connectivity index (χ3n) is 6.78. The van der Waals surface area contributed by atoms with E-state index in [0.717, 1.165) is 58.5 Å². The summed E-state index contributed by atoms with van der Waals surface area (Å²) in [7, 11) is 1.80. The van der Waals surface area contributed by atoms with Crippen molar-refractivity contribution >= 4 is 5.91 Å². The van der Waals surface area contributed by atoms with Gasteiger partial charge in [0.15, 0.2) is 0 Å². The molecule has 0 radical (unpaired) electrons. The molecule has 1 aromatic heterocycles. The quantitative estimate of drug-likeness (QED) is 0.813. The van der Waals surface area contributed by atoms with Gasteiger partial charge in [0.25, 0.3) is 0 Å². The molecule has 3 heterocycles. The second-order valence-electron chi connectivity index (χ2n) is 8.53. The van der Waals surface area contributed by atoms with E-state index in [1.54, 1.807) is 7.11 Å². The predicted octanol–water partition coefficient (Wildman–Crippen LogP) is 2.71. The van der Waals surface area contributed by atoms with Crippen LogP contribution in [0.4, 0.5) is 0 Å². The van der Waals surface area contributed by atoms with E-state index < -0.39 is 0 Å². The second-order valence-corrected chi connectivity index (χ2v) is 8.53. The maximum atomic E-state index is 12.5. The summed E-state index contributed by atoms with van der Waals surface area (Å²) in [6.45, 7) is 4.72. The average Bonchev–Trinajstić information content (AvgIpc) is 2.92. The van der Waals surface area contributed by atoms with Crippen LogP contribution in [-0.4, -0.2) is 60.1 Å². The summed E-state index contributed by atoms with van der Waals surface area (Å²) < 4.78 is 5.52. The molecule has 2 aliphatic heterocycles. The number of rotatable bonds is 5. The number of likely N-dealkylation sites (tertiary alicyclic amines) is 2. The Morgan fingerprint density at radius 1 is 1.35 bits per heavy atom. The van der Waals surface area contributed by atoms with E-state index in [0.29, 0.717) is 23.3 Å². The van der Waals surface area contributed by atoms with E-state index in [1.165, 1.54) is 18.4 Å². The van der Waals surface area contributed by atoms with E-state index in [-0.39, 0.29) is 0 Å². The SMILES string of the molecule is COC[C@@H]1CC2(CCN(C(=O)C3CCC3)CC2)CN1Cc1cccnc1. The van der Waals surface area contributed by atoms with Gasteiger partial charge in [0.1, 0.15) is 0 Å².